The molecule has 0 bridgehead atoms. The van der Waals surface area contributed by atoms with Gasteiger partial charge in [0.25, 0.3) is 5.91 Å². The summed E-state index contributed by atoms with van der Waals surface area (Å²) in [6.45, 7) is 5.06. The number of likely N-dealkylation sites (tertiary alicyclic amines) is 2. The maximum absolute atomic E-state index is 14.7. The van der Waals surface area contributed by atoms with Gasteiger partial charge in [0.05, 0.1) is 5.56 Å². The van der Waals surface area contributed by atoms with Crippen LogP contribution in [0.3, 0.4) is 0 Å². The Labute approximate surface area is 176 Å². The molecule has 4 rings (SSSR count). The van der Waals surface area contributed by atoms with Crippen LogP contribution in [-0.4, -0.2) is 47.4 Å². The maximum Gasteiger partial charge on any atom is 0.257 e. The summed E-state index contributed by atoms with van der Waals surface area (Å²) in [5.41, 5.74) is 0.874. The lowest BCUT2D eigenvalue weighted by Gasteiger charge is -2.31. The quantitative estimate of drug-likeness (QED) is 0.691. The van der Waals surface area contributed by atoms with Crippen LogP contribution in [0, 0.1) is 11.6 Å². The zero-order valence-corrected chi connectivity index (χ0v) is 17.3. The number of nitrogens with zero attached hydrogens (tertiary/aromatic N) is 2. The maximum atomic E-state index is 14.7. The van der Waals surface area contributed by atoms with Gasteiger partial charge in [0.1, 0.15) is 24.0 Å². The molecule has 0 radical (unpaired) electrons. The second-order valence-corrected chi connectivity index (χ2v) is 8.34. The van der Waals surface area contributed by atoms with E-state index in [1.165, 1.54) is 37.1 Å². The monoisotopic (exact) mass is 414 g/mol. The molecule has 2 aliphatic rings. The molecule has 2 aromatic rings. The van der Waals surface area contributed by atoms with Crippen LogP contribution in [0.25, 0.3) is 0 Å². The summed E-state index contributed by atoms with van der Waals surface area (Å²) < 4.78 is 33.3. The average molecular weight is 414 g/mol. The van der Waals surface area contributed by atoms with E-state index in [2.05, 4.69) is 11.8 Å². The topological polar surface area (TPSA) is 32.8 Å². The van der Waals surface area contributed by atoms with Gasteiger partial charge >= 0.3 is 0 Å². The SMILES string of the molecule is CC1CCCN1CC1CCCN1C(=O)c1ccc(OCc2ccc(F)cc2)cc1F. The first-order valence-corrected chi connectivity index (χ1v) is 10.7. The van der Waals surface area contributed by atoms with Crippen molar-refractivity contribution in [3.05, 3.63) is 65.2 Å². The summed E-state index contributed by atoms with van der Waals surface area (Å²) in [7, 11) is 0. The van der Waals surface area contributed by atoms with E-state index >= 15 is 0 Å². The van der Waals surface area contributed by atoms with Crippen LogP contribution in [0.4, 0.5) is 8.78 Å². The van der Waals surface area contributed by atoms with E-state index in [0.717, 1.165) is 31.5 Å². The van der Waals surface area contributed by atoms with Gasteiger partial charge in [-0.15, -0.1) is 0 Å². The number of ether oxygens (including phenoxy) is 1. The number of benzene rings is 2. The summed E-state index contributed by atoms with van der Waals surface area (Å²) >= 11 is 0. The summed E-state index contributed by atoms with van der Waals surface area (Å²) in [5, 5.41) is 0. The Bertz CT molecular complexity index is 887. The van der Waals surface area contributed by atoms with Crippen molar-refractivity contribution < 1.29 is 18.3 Å². The molecule has 2 unspecified atom stereocenters. The van der Waals surface area contributed by atoms with Crippen molar-refractivity contribution in [3.63, 3.8) is 0 Å². The Hall–Kier alpha value is -2.47. The molecule has 160 valence electrons. The number of rotatable bonds is 6. The first-order chi connectivity index (χ1) is 14.5. The van der Waals surface area contributed by atoms with Crippen LogP contribution in [0.15, 0.2) is 42.5 Å². The molecule has 0 saturated carbocycles. The van der Waals surface area contributed by atoms with Crippen molar-refractivity contribution in [2.45, 2.75) is 51.3 Å². The molecule has 6 heteroatoms. The second-order valence-electron chi connectivity index (χ2n) is 8.34. The highest BCUT2D eigenvalue weighted by Gasteiger charge is 2.33. The molecule has 2 saturated heterocycles. The Morgan fingerprint density at radius 3 is 2.53 bits per heavy atom. The lowest BCUT2D eigenvalue weighted by Crippen LogP contribution is -2.44. The van der Waals surface area contributed by atoms with Crippen LogP contribution in [0.1, 0.15) is 48.5 Å². The third-order valence-corrected chi connectivity index (χ3v) is 6.26. The molecule has 1 amide bonds. The average Bonchev–Trinajstić information content (AvgIpc) is 3.36. The molecular weight excluding hydrogens is 386 g/mol. The first kappa shape index (κ1) is 20.8. The van der Waals surface area contributed by atoms with Crippen molar-refractivity contribution in [1.82, 2.24) is 9.80 Å². The van der Waals surface area contributed by atoms with E-state index in [1.54, 1.807) is 18.2 Å². The van der Waals surface area contributed by atoms with Gasteiger partial charge in [-0.25, -0.2) is 8.78 Å². The molecule has 4 nitrogen and oxygen atoms in total. The van der Waals surface area contributed by atoms with Crippen molar-refractivity contribution in [2.75, 3.05) is 19.6 Å². The number of carbonyl (C=O) groups is 1. The van der Waals surface area contributed by atoms with E-state index in [0.29, 0.717) is 18.3 Å². The molecular formula is C24H28F2N2O2. The normalized spacial score (nSPS) is 21.9. The number of hydrogen-bond acceptors (Lipinski definition) is 3. The van der Waals surface area contributed by atoms with E-state index in [-0.39, 0.29) is 29.9 Å². The van der Waals surface area contributed by atoms with Crippen LogP contribution in [-0.2, 0) is 6.61 Å². The van der Waals surface area contributed by atoms with Gasteiger partial charge in [0.2, 0.25) is 0 Å². The molecule has 0 aromatic heterocycles. The molecule has 0 aliphatic carbocycles. The lowest BCUT2D eigenvalue weighted by atomic mass is 10.1. The lowest BCUT2D eigenvalue weighted by molar-refractivity contribution is 0.0692. The Balaban J connectivity index is 1.40. The third kappa shape index (κ3) is 4.64. The predicted molar refractivity (Wildman–Crippen MR) is 111 cm³/mol. The molecule has 0 spiro atoms. The highest BCUT2D eigenvalue weighted by Crippen LogP contribution is 2.26. The minimum atomic E-state index is -0.572. The van der Waals surface area contributed by atoms with Crippen molar-refractivity contribution in [3.8, 4) is 5.75 Å². The standard InChI is InChI=1S/C24H28F2N2O2/c1-17-4-2-12-27(17)15-20-5-3-13-28(20)24(29)22-11-10-21(14-23(22)26)30-16-18-6-8-19(25)9-7-18/h6-11,14,17,20H,2-5,12-13,15-16H2,1H3. The van der Waals surface area contributed by atoms with Gasteiger partial charge in [0, 0.05) is 31.2 Å². The predicted octanol–water partition coefficient (Wildman–Crippen LogP) is 4.63. The largest absolute Gasteiger partial charge is 0.489 e. The molecule has 2 fully saturated rings. The third-order valence-electron chi connectivity index (χ3n) is 6.26. The summed E-state index contributed by atoms with van der Waals surface area (Å²) in [6.07, 6.45) is 4.33. The zero-order chi connectivity index (χ0) is 21.1. The van der Waals surface area contributed by atoms with E-state index < -0.39 is 5.82 Å². The van der Waals surface area contributed by atoms with Gasteiger partial charge in [-0.3, -0.25) is 9.69 Å². The highest BCUT2D eigenvalue weighted by atomic mass is 19.1. The number of carbonyl (C=O) groups excluding carboxylic acids is 1. The Morgan fingerprint density at radius 1 is 1.07 bits per heavy atom. The van der Waals surface area contributed by atoms with E-state index in [4.69, 9.17) is 4.74 Å². The van der Waals surface area contributed by atoms with Gasteiger partial charge < -0.3 is 9.64 Å². The van der Waals surface area contributed by atoms with Gasteiger partial charge in [-0.05, 0) is 69.0 Å². The molecule has 0 N–H and O–H groups in total. The fraction of sp³-hybridized carbons (Fsp3) is 0.458. The zero-order valence-electron chi connectivity index (χ0n) is 17.3. The highest BCUT2D eigenvalue weighted by molar-refractivity contribution is 5.95. The van der Waals surface area contributed by atoms with Crippen molar-refractivity contribution in [1.29, 1.82) is 0 Å². The summed E-state index contributed by atoms with van der Waals surface area (Å²) in [4.78, 5) is 17.3. The Morgan fingerprint density at radius 2 is 1.83 bits per heavy atom. The molecule has 2 heterocycles. The number of amides is 1. The van der Waals surface area contributed by atoms with Crippen LogP contribution < -0.4 is 4.74 Å². The van der Waals surface area contributed by atoms with E-state index in [9.17, 15) is 13.6 Å². The van der Waals surface area contributed by atoms with Gasteiger partial charge in [-0.2, -0.15) is 0 Å². The second kappa shape index (κ2) is 9.13. The van der Waals surface area contributed by atoms with Gasteiger partial charge in [-0.1, -0.05) is 12.1 Å². The van der Waals surface area contributed by atoms with E-state index in [1.807, 2.05) is 4.90 Å². The smallest absolute Gasteiger partial charge is 0.257 e. The Kier molecular flexibility index (Phi) is 6.32. The molecule has 30 heavy (non-hydrogen) atoms. The van der Waals surface area contributed by atoms with Crippen molar-refractivity contribution >= 4 is 5.91 Å². The minimum Gasteiger partial charge on any atom is -0.489 e. The number of hydrogen-bond donors (Lipinski definition) is 0. The fourth-order valence-electron chi connectivity index (χ4n) is 4.49. The van der Waals surface area contributed by atoms with Gasteiger partial charge in [0.15, 0.2) is 0 Å². The molecule has 2 aromatic carbocycles. The summed E-state index contributed by atoms with van der Waals surface area (Å²) in [5.74, 6) is -0.784. The van der Waals surface area contributed by atoms with Crippen molar-refractivity contribution in [2.24, 2.45) is 0 Å². The minimum absolute atomic E-state index is 0.0884. The van der Waals surface area contributed by atoms with Crippen LogP contribution in [0.2, 0.25) is 0 Å². The molecule has 2 aliphatic heterocycles. The first-order valence-electron chi connectivity index (χ1n) is 10.7. The fourth-order valence-corrected chi connectivity index (χ4v) is 4.49. The van der Waals surface area contributed by atoms with Crippen LogP contribution >= 0.6 is 0 Å². The summed E-state index contributed by atoms with van der Waals surface area (Å²) in [6, 6.07) is 11.0. The number of halogens is 2. The van der Waals surface area contributed by atoms with Crippen LogP contribution in [0.5, 0.6) is 5.75 Å². The molecule has 2 atom stereocenters.